The van der Waals surface area contributed by atoms with Crippen molar-refractivity contribution in [1.29, 1.82) is 0 Å². The number of carbonyl (C=O) groups is 1. The molecule has 0 spiro atoms. The summed E-state index contributed by atoms with van der Waals surface area (Å²) in [4.78, 5) is 17.3. The van der Waals surface area contributed by atoms with E-state index in [0.29, 0.717) is 16.1 Å². The van der Waals surface area contributed by atoms with Gasteiger partial charge in [0.15, 0.2) is 0 Å². The number of phenols is 1. The number of carbonyl (C=O) groups excluding carboxylic acids is 1. The first-order chi connectivity index (χ1) is 14.7. The Hall–Kier alpha value is -2.95. The van der Waals surface area contributed by atoms with Crippen LogP contribution in [0.25, 0.3) is 0 Å². The van der Waals surface area contributed by atoms with Crippen LogP contribution >= 0.6 is 11.3 Å². The molecule has 4 N–H and O–H groups in total. The second-order valence-corrected chi connectivity index (χ2v) is 8.98. The smallest absolute Gasteiger partial charge is 0.357 e. The first-order valence-electron chi connectivity index (χ1n) is 9.58. The predicted molar refractivity (Wildman–Crippen MR) is 120 cm³/mol. The van der Waals surface area contributed by atoms with E-state index in [1.54, 1.807) is 30.3 Å². The SMILES string of the molecule is CCc1csc(C(Cc2ccccc2NS(=O)(=O)O)NC(=O)Cc2cccc(O)c2)n1. The molecule has 1 aromatic heterocycles. The summed E-state index contributed by atoms with van der Waals surface area (Å²) in [5.41, 5.74) is 2.38. The summed E-state index contributed by atoms with van der Waals surface area (Å²) < 4.78 is 33.9. The minimum absolute atomic E-state index is 0.0713. The van der Waals surface area contributed by atoms with E-state index in [2.05, 4.69) is 15.0 Å². The van der Waals surface area contributed by atoms with Gasteiger partial charge in [-0.2, -0.15) is 8.42 Å². The van der Waals surface area contributed by atoms with Crippen LogP contribution in [0.1, 0.15) is 34.8 Å². The first-order valence-corrected chi connectivity index (χ1v) is 11.9. The molecule has 10 heteroatoms. The Morgan fingerprint density at radius 3 is 2.65 bits per heavy atom. The molecule has 2 aromatic carbocycles. The molecule has 0 saturated carbocycles. The number of aromatic hydroxyl groups is 1. The number of para-hydroxylation sites is 1. The highest BCUT2D eigenvalue weighted by molar-refractivity contribution is 7.87. The summed E-state index contributed by atoms with van der Waals surface area (Å²) >= 11 is 1.42. The van der Waals surface area contributed by atoms with E-state index in [9.17, 15) is 22.9 Å². The number of amides is 1. The first kappa shape index (κ1) is 22.7. The fourth-order valence-electron chi connectivity index (χ4n) is 3.10. The Morgan fingerprint density at radius 2 is 1.97 bits per heavy atom. The highest BCUT2D eigenvalue weighted by Gasteiger charge is 2.21. The quantitative estimate of drug-likeness (QED) is 0.362. The molecule has 8 nitrogen and oxygen atoms in total. The van der Waals surface area contributed by atoms with Gasteiger partial charge in [-0.15, -0.1) is 11.3 Å². The zero-order valence-electron chi connectivity index (χ0n) is 16.8. The third-order valence-electron chi connectivity index (χ3n) is 4.52. The molecule has 0 fully saturated rings. The van der Waals surface area contributed by atoms with E-state index < -0.39 is 16.3 Å². The molecule has 1 atom stereocenters. The van der Waals surface area contributed by atoms with E-state index in [1.807, 2.05) is 12.3 Å². The van der Waals surface area contributed by atoms with Crippen molar-refractivity contribution in [3.8, 4) is 5.75 Å². The maximum absolute atomic E-state index is 12.7. The molecule has 1 unspecified atom stereocenters. The van der Waals surface area contributed by atoms with Crippen LogP contribution in [-0.2, 0) is 34.4 Å². The second kappa shape index (κ2) is 9.90. The zero-order valence-corrected chi connectivity index (χ0v) is 18.4. The van der Waals surface area contributed by atoms with Crippen molar-refractivity contribution in [2.45, 2.75) is 32.2 Å². The number of phenolic OH excluding ortho intramolecular Hbond substituents is 1. The van der Waals surface area contributed by atoms with Crippen molar-refractivity contribution < 1.29 is 22.9 Å². The summed E-state index contributed by atoms with van der Waals surface area (Å²) in [6, 6.07) is 12.6. The zero-order chi connectivity index (χ0) is 22.4. The third kappa shape index (κ3) is 6.78. The lowest BCUT2D eigenvalue weighted by atomic mass is 10.0. The van der Waals surface area contributed by atoms with Crippen molar-refractivity contribution >= 4 is 33.2 Å². The van der Waals surface area contributed by atoms with Crippen molar-refractivity contribution in [2.24, 2.45) is 0 Å². The molecule has 31 heavy (non-hydrogen) atoms. The minimum Gasteiger partial charge on any atom is -0.508 e. The highest BCUT2D eigenvalue weighted by atomic mass is 32.2. The van der Waals surface area contributed by atoms with Crippen LogP contribution < -0.4 is 10.0 Å². The molecule has 164 valence electrons. The standard InChI is InChI=1S/C21H23N3O5S2/c1-2-16-13-30-21(22-16)19(23-20(26)11-14-6-5-8-17(25)10-14)12-15-7-3-4-9-18(15)24-31(27,28)29/h3-10,13,19,24-25H,2,11-12H2,1H3,(H,23,26)(H,27,28,29). The van der Waals surface area contributed by atoms with Crippen LogP contribution in [0.15, 0.2) is 53.9 Å². The summed E-state index contributed by atoms with van der Waals surface area (Å²) in [6.07, 6.45) is 1.09. The minimum atomic E-state index is -4.44. The Balaban J connectivity index is 1.85. The molecule has 3 aromatic rings. The normalized spacial score (nSPS) is 12.3. The van der Waals surface area contributed by atoms with Crippen LogP contribution in [0, 0.1) is 0 Å². The van der Waals surface area contributed by atoms with Gasteiger partial charge >= 0.3 is 10.3 Å². The number of aromatic nitrogens is 1. The Labute approximate surface area is 184 Å². The van der Waals surface area contributed by atoms with Gasteiger partial charge in [0.1, 0.15) is 10.8 Å². The fourth-order valence-corrected chi connectivity index (χ4v) is 4.53. The molecule has 3 rings (SSSR count). The Bertz CT molecular complexity index is 1160. The molecule has 0 aliphatic carbocycles. The van der Waals surface area contributed by atoms with Crippen LogP contribution in [0.3, 0.4) is 0 Å². The van der Waals surface area contributed by atoms with E-state index in [4.69, 9.17) is 0 Å². The van der Waals surface area contributed by atoms with E-state index in [-0.39, 0.29) is 30.2 Å². The summed E-state index contributed by atoms with van der Waals surface area (Å²) in [5, 5.41) is 15.2. The van der Waals surface area contributed by atoms with Gasteiger partial charge in [-0.05, 0) is 35.7 Å². The number of rotatable bonds is 9. The van der Waals surface area contributed by atoms with Gasteiger partial charge in [0.25, 0.3) is 0 Å². The third-order valence-corrected chi connectivity index (χ3v) is 6.01. The molecule has 0 radical (unpaired) electrons. The van der Waals surface area contributed by atoms with Crippen LogP contribution in [0.5, 0.6) is 5.75 Å². The number of benzene rings is 2. The topological polar surface area (TPSA) is 129 Å². The molecule has 0 aliphatic rings. The number of nitrogens with zero attached hydrogens (tertiary/aromatic N) is 1. The summed E-state index contributed by atoms with van der Waals surface area (Å²) in [6.45, 7) is 1.99. The largest absolute Gasteiger partial charge is 0.508 e. The van der Waals surface area contributed by atoms with Crippen molar-refractivity contribution in [3.63, 3.8) is 0 Å². The average Bonchev–Trinajstić information content (AvgIpc) is 3.17. The number of hydrogen-bond acceptors (Lipinski definition) is 6. The summed E-state index contributed by atoms with van der Waals surface area (Å²) in [5.74, 6) is -0.177. The van der Waals surface area contributed by atoms with Gasteiger partial charge in [0.05, 0.1) is 23.8 Å². The van der Waals surface area contributed by atoms with Crippen molar-refractivity contribution in [3.05, 3.63) is 75.7 Å². The second-order valence-electron chi connectivity index (χ2n) is 6.94. The number of aryl methyl sites for hydroxylation is 1. The van der Waals surface area contributed by atoms with Gasteiger partial charge in [-0.1, -0.05) is 37.3 Å². The number of thiazole rings is 1. The van der Waals surface area contributed by atoms with Crippen LogP contribution in [-0.4, -0.2) is 29.0 Å². The number of anilines is 1. The van der Waals surface area contributed by atoms with E-state index in [1.165, 1.54) is 29.5 Å². The number of nitrogens with one attached hydrogen (secondary N) is 2. The predicted octanol–water partition coefficient (Wildman–Crippen LogP) is 3.27. The van der Waals surface area contributed by atoms with Crippen molar-refractivity contribution in [2.75, 3.05) is 4.72 Å². The maximum atomic E-state index is 12.7. The van der Waals surface area contributed by atoms with Gasteiger partial charge in [-0.25, -0.2) is 4.98 Å². The lowest BCUT2D eigenvalue weighted by Crippen LogP contribution is -2.31. The lowest BCUT2D eigenvalue weighted by Gasteiger charge is -2.19. The van der Waals surface area contributed by atoms with Crippen molar-refractivity contribution in [1.82, 2.24) is 10.3 Å². The molecular weight excluding hydrogens is 438 g/mol. The number of hydrogen-bond donors (Lipinski definition) is 4. The fraction of sp³-hybridized carbons (Fsp3) is 0.238. The van der Waals surface area contributed by atoms with Gasteiger partial charge < -0.3 is 10.4 Å². The molecular formula is C21H23N3O5S2. The Kier molecular flexibility index (Phi) is 7.26. The van der Waals surface area contributed by atoms with Gasteiger partial charge in [0.2, 0.25) is 5.91 Å². The molecule has 1 heterocycles. The van der Waals surface area contributed by atoms with Crippen LogP contribution in [0.4, 0.5) is 5.69 Å². The van der Waals surface area contributed by atoms with Gasteiger partial charge in [0, 0.05) is 11.8 Å². The average molecular weight is 462 g/mol. The van der Waals surface area contributed by atoms with Crippen LogP contribution in [0.2, 0.25) is 0 Å². The van der Waals surface area contributed by atoms with E-state index in [0.717, 1.165) is 12.1 Å². The van der Waals surface area contributed by atoms with E-state index >= 15 is 0 Å². The summed E-state index contributed by atoms with van der Waals surface area (Å²) in [7, 11) is -4.44. The Morgan fingerprint density at radius 1 is 1.19 bits per heavy atom. The molecule has 0 bridgehead atoms. The molecule has 0 aliphatic heterocycles. The molecule has 0 saturated heterocycles. The monoisotopic (exact) mass is 461 g/mol. The lowest BCUT2D eigenvalue weighted by molar-refractivity contribution is -0.121. The molecule has 1 amide bonds. The maximum Gasteiger partial charge on any atom is 0.357 e. The highest BCUT2D eigenvalue weighted by Crippen LogP contribution is 2.27. The van der Waals surface area contributed by atoms with Gasteiger partial charge in [-0.3, -0.25) is 14.1 Å².